The molecule has 1 saturated heterocycles. The van der Waals surface area contributed by atoms with Crippen LogP contribution in [0, 0.1) is 5.92 Å². The Labute approximate surface area is 176 Å². The number of carbonyl (C=O) groups is 2. The summed E-state index contributed by atoms with van der Waals surface area (Å²) < 4.78 is 0. The van der Waals surface area contributed by atoms with Crippen molar-refractivity contribution in [1.82, 2.24) is 10.2 Å². The fourth-order valence-electron chi connectivity index (χ4n) is 3.51. The van der Waals surface area contributed by atoms with Gasteiger partial charge in [0.15, 0.2) is 0 Å². The molecule has 29 heavy (non-hydrogen) atoms. The maximum Gasteiger partial charge on any atom is 0.253 e. The van der Waals surface area contributed by atoms with E-state index in [1.165, 1.54) is 0 Å². The number of piperidine rings is 1. The van der Waals surface area contributed by atoms with E-state index in [2.05, 4.69) is 22.1 Å². The number of carbonyl (C=O) groups excluding carboxylic acids is 2. The maximum atomic E-state index is 12.8. The Morgan fingerprint density at radius 3 is 2.52 bits per heavy atom. The largest absolute Gasteiger partial charge is 0.349 e. The molecule has 0 aromatic heterocycles. The number of nitrogens with zero attached hydrogens (tertiary/aromatic N) is 1. The molecule has 3 rings (SSSR count). The fraction of sp³-hybridized carbons (Fsp3) is 0.304. The van der Waals surface area contributed by atoms with Gasteiger partial charge in [-0.15, -0.1) is 6.58 Å². The van der Waals surface area contributed by atoms with E-state index in [1.54, 1.807) is 24.3 Å². The van der Waals surface area contributed by atoms with Gasteiger partial charge in [0.2, 0.25) is 5.91 Å². The van der Waals surface area contributed by atoms with Crippen LogP contribution in [0.25, 0.3) is 0 Å². The molecular formula is C23H26ClN3O2. The highest BCUT2D eigenvalue weighted by atomic mass is 35.5. The Kier molecular flexibility index (Phi) is 7.44. The Hall–Kier alpha value is -2.63. The number of benzene rings is 2. The lowest BCUT2D eigenvalue weighted by molar-refractivity contribution is -0.121. The monoisotopic (exact) mass is 411 g/mol. The van der Waals surface area contributed by atoms with Crippen molar-refractivity contribution in [3.05, 3.63) is 77.3 Å². The minimum Gasteiger partial charge on any atom is -0.349 e. The van der Waals surface area contributed by atoms with Crippen LogP contribution in [0.2, 0.25) is 5.02 Å². The smallest absolute Gasteiger partial charge is 0.253 e. The second-order valence-electron chi connectivity index (χ2n) is 7.18. The van der Waals surface area contributed by atoms with Gasteiger partial charge in [0.1, 0.15) is 0 Å². The van der Waals surface area contributed by atoms with E-state index in [9.17, 15) is 9.59 Å². The highest BCUT2D eigenvalue weighted by Gasteiger charge is 2.26. The molecule has 0 atom stereocenters. The molecule has 0 spiro atoms. The van der Waals surface area contributed by atoms with Crippen LogP contribution >= 0.6 is 11.6 Å². The van der Waals surface area contributed by atoms with E-state index >= 15 is 0 Å². The number of nitrogens with one attached hydrogen (secondary N) is 2. The first kappa shape index (κ1) is 21.1. The third-order valence-corrected chi connectivity index (χ3v) is 5.52. The van der Waals surface area contributed by atoms with Gasteiger partial charge in [0, 0.05) is 24.0 Å². The second-order valence-corrected chi connectivity index (χ2v) is 7.58. The molecule has 1 fully saturated rings. The average Bonchev–Trinajstić information content (AvgIpc) is 2.74. The molecule has 5 nitrogen and oxygen atoms in total. The van der Waals surface area contributed by atoms with Crippen LogP contribution < -0.4 is 10.6 Å². The Morgan fingerprint density at radius 1 is 1.10 bits per heavy atom. The zero-order valence-corrected chi connectivity index (χ0v) is 17.1. The molecule has 152 valence electrons. The molecule has 0 saturated carbocycles. The van der Waals surface area contributed by atoms with Crippen molar-refractivity contribution >= 4 is 29.1 Å². The number of rotatable bonds is 7. The number of likely N-dealkylation sites (tertiary alicyclic amines) is 1. The van der Waals surface area contributed by atoms with Gasteiger partial charge in [-0.2, -0.15) is 0 Å². The summed E-state index contributed by atoms with van der Waals surface area (Å²) in [5, 5.41) is 6.47. The highest BCUT2D eigenvalue weighted by molar-refractivity contribution is 6.31. The minimum atomic E-state index is -0.227. The summed E-state index contributed by atoms with van der Waals surface area (Å²) >= 11 is 6.26. The van der Waals surface area contributed by atoms with Gasteiger partial charge in [0.25, 0.3) is 5.91 Å². The predicted molar refractivity (Wildman–Crippen MR) is 117 cm³/mol. The molecular weight excluding hydrogens is 386 g/mol. The molecule has 2 aromatic rings. The summed E-state index contributed by atoms with van der Waals surface area (Å²) in [6.07, 6.45) is 3.18. The molecule has 0 aliphatic carbocycles. The average molecular weight is 412 g/mol. The Bertz CT molecular complexity index is 876. The fourth-order valence-corrected chi connectivity index (χ4v) is 3.70. The van der Waals surface area contributed by atoms with Crippen molar-refractivity contribution in [2.24, 2.45) is 5.92 Å². The zero-order valence-electron chi connectivity index (χ0n) is 16.4. The molecule has 1 aliphatic heterocycles. The summed E-state index contributed by atoms with van der Waals surface area (Å²) in [5.74, 6) is -0.330. The topological polar surface area (TPSA) is 61.4 Å². The first-order chi connectivity index (χ1) is 14.1. The van der Waals surface area contributed by atoms with Gasteiger partial charge in [-0.3, -0.25) is 14.5 Å². The number of hydrogen-bond acceptors (Lipinski definition) is 3. The molecule has 0 unspecified atom stereocenters. The molecule has 0 radical (unpaired) electrons. The lowest BCUT2D eigenvalue weighted by atomic mass is 9.95. The molecule has 0 bridgehead atoms. The third kappa shape index (κ3) is 5.68. The summed E-state index contributed by atoms with van der Waals surface area (Å²) in [6.45, 7) is 6.45. The number of amides is 2. The van der Waals surface area contributed by atoms with Gasteiger partial charge < -0.3 is 10.6 Å². The summed E-state index contributed by atoms with van der Waals surface area (Å²) in [5.41, 5.74) is 2.10. The van der Waals surface area contributed by atoms with Crippen LogP contribution in [0.5, 0.6) is 0 Å². The van der Waals surface area contributed by atoms with Crippen molar-refractivity contribution in [3.8, 4) is 0 Å². The lowest BCUT2D eigenvalue weighted by Crippen LogP contribution is -2.38. The molecule has 2 aromatic carbocycles. The maximum absolute atomic E-state index is 12.8. The second kappa shape index (κ2) is 10.2. The summed E-state index contributed by atoms with van der Waals surface area (Å²) in [6, 6.07) is 14.9. The molecule has 6 heteroatoms. The molecule has 2 amide bonds. The lowest BCUT2D eigenvalue weighted by Gasteiger charge is -2.31. The number of hydrogen-bond donors (Lipinski definition) is 2. The number of halogens is 1. The van der Waals surface area contributed by atoms with E-state index in [4.69, 9.17) is 11.6 Å². The van der Waals surface area contributed by atoms with Gasteiger partial charge in [-0.05, 0) is 49.7 Å². The zero-order chi connectivity index (χ0) is 20.6. The summed E-state index contributed by atoms with van der Waals surface area (Å²) in [4.78, 5) is 27.4. The standard InChI is InChI=1S/C23H26ClN3O2/c1-2-13-25-23(29)19-8-4-6-10-21(19)26-22(28)17-11-14-27(15-12-17)16-18-7-3-5-9-20(18)24/h2-10,17H,1,11-16H2,(H,25,29)(H,26,28). The SMILES string of the molecule is C=CCNC(=O)c1ccccc1NC(=O)C1CCN(Cc2ccccc2Cl)CC1. The molecule has 2 N–H and O–H groups in total. The van der Waals surface area contributed by atoms with Crippen molar-refractivity contribution in [3.63, 3.8) is 0 Å². The van der Waals surface area contributed by atoms with Crippen molar-refractivity contribution in [2.75, 3.05) is 25.0 Å². The van der Waals surface area contributed by atoms with Crippen LogP contribution in [-0.4, -0.2) is 36.3 Å². The quantitative estimate of drug-likeness (QED) is 0.674. The van der Waals surface area contributed by atoms with E-state index in [0.29, 0.717) is 17.8 Å². The predicted octanol–water partition coefficient (Wildman–Crippen LogP) is 4.11. The van der Waals surface area contributed by atoms with Crippen LogP contribution in [0.3, 0.4) is 0 Å². The molecule has 1 heterocycles. The van der Waals surface area contributed by atoms with Gasteiger partial charge in [-0.1, -0.05) is 48.0 Å². The minimum absolute atomic E-state index is 0.0358. The van der Waals surface area contributed by atoms with Crippen LogP contribution in [0.4, 0.5) is 5.69 Å². The normalized spacial score (nSPS) is 14.9. The van der Waals surface area contributed by atoms with Gasteiger partial charge in [0.05, 0.1) is 11.3 Å². The van der Waals surface area contributed by atoms with E-state index in [1.807, 2.05) is 30.3 Å². The molecule has 1 aliphatic rings. The number of para-hydroxylation sites is 1. The highest BCUT2D eigenvalue weighted by Crippen LogP contribution is 2.24. The van der Waals surface area contributed by atoms with Crippen LogP contribution in [0.1, 0.15) is 28.8 Å². The third-order valence-electron chi connectivity index (χ3n) is 5.15. The van der Waals surface area contributed by atoms with Crippen LogP contribution in [0.15, 0.2) is 61.2 Å². The van der Waals surface area contributed by atoms with Crippen molar-refractivity contribution in [1.29, 1.82) is 0 Å². The van der Waals surface area contributed by atoms with E-state index < -0.39 is 0 Å². The Morgan fingerprint density at radius 2 is 1.79 bits per heavy atom. The Balaban J connectivity index is 1.56. The number of anilines is 1. The van der Waals surface area contributed by atoms with Gasteiger partial charge in [-0.25, -0.2) is 0 Å². The van der Waals surface area contributed by atoms with E-state index in [-0.39, 0.29) is 17.7 Å². The van der Waals surface area contributed by atoms with Gasteiger partial charge >= 0.3 is 0 Å². The van der Waals surface area contributed by atoms with Crippen LogP contribution in [-0.2, 0) is 11.3 Å². The van der Waals surface area contributed by atoms with Crippen molar-refractivity contribution in [2.45, 2.75) is 19.4 Å². The first-order valence-electron chi connectivity index (χ1n) is 9.83. The summed E-state index contributed by atoms with van der Waals surface area (Å²) in [7, 11) is 0. The van der Waals surface area contributed by atoms with Crippen molar-refractivity contribution < 1.29 is 9.59 Å². The van der Waals surface area contributed by atoms with E-state index in [0.717, 1.165) is 43.1 Å². The first-order valence-corrected chi connectivity index (χ1v) is 10.2.